The third-order valence-electron chi connectivity index (χ3n) is 7.40. The number of carbonyl (C=O) groups excluding carboxylic acids is 3. The average molecular weight is 602 g/mol. The maximum absolute atomic E-state index is 11.7. The van der Waals surface area contributed by atoms with Crippen LogP contribution in [0, 0.1) is 0 Å². The fourth-order valence-corrected chi connectivity index (χ4v) is 6.52. The van der Waals surface area contributed by atoms with Crippen molar-refractivity contribution >= 4 is 61.0 Å². The number of ether oxygens (including phenoxy) is 2. The Hall–Kier alpha value is -4.16. The van der Waals surface area contributed by atoms with E-state index in [4.69, 9.17) is 9.47 Å². The number of H-pyrrole nitrogens is 1. The van der Waals surface area contributed by atoms with Gasteiger partial charge < -0.3 is 30.0 Å². The number of likely N-dealkylation sites (N-methyl/N-ethyl adjacent to an activating group) is 1. The Morgan fingerprint density at radius 1 is 1.12 bits per heavy atom. The summed E-state index contributed by atoms with van der Waals surface area (Å²) in [5, 5.41) is 8.94. The molecule has 2 amide bonds. The molecule has 10 nitrogen and oxygen atoms in total. The summed E-state index contributed by atoms with van der Waals surface area (Å²) < 4.78 is 13.7. The number of fused-ring (bicyclic) bond motifs is 4. The Bertz CT molecular complexity index is 1680. The van der Waals surface area contributed by atoms with Crippen LogP contribution in [0.2, 0.25) is 0 Å². The van der Waals surface area contributed by atoms with Crippen molar-refractivity contribution in [3.63, 3.8) is 0 Å². The monoisotopic (exact) mass is 601 g/mol. The molecule has 2 aromatic carbocycles. The van der Waals surface area contributed by atoms with Crippen LogP contribution in [0.5, 0.6) is 0 Å². The summed E-state index contributed by atoms with van der Waals surface area (Å²) in [6.45, 7) is 4.78. The molecule has 7 rings (SSSR count). The quantitative estimate of drug-likeness (QED) is 0.249. The molecule has 2 fully saturated rings. The zero-order valence-corrected chi connectivity index (χ0v) is 25.0. The van der Waals surface area contributed by atoms with Crippen LogP contribution in [0.4, 0.5) is 0 Å². The second kappa shape index (κ2) is 13.9. The molecule has 5 aromatic rings. The van der Waals surface area contributed by atoms with E-state index in [0.29, 0.717) is 39.3 Å². The van der Waals surface area contributed by atoms with Gasteiger partial charge in [0.1, 0.15) is 6.29 Å². The third-order valence-corrected chi connectivity index (χ3v) is 8.55. The van der Waals surface area contributed by atoms with Crippen molar-refractivity contribution in [3.8, 4) is 0 Å². The Morgan fingerprint density at radius 3 is 2.65 bits per heavy atom. The highest BCUT2D eigenvalue weighted by atomic mass is 32.1. The molecule has 1 spiro atoms. The molecular formula is C32H35N5O5S. The average Bonchev–Trinajstić information content (AvgIpc) is 3.81. The predicted octanol–water partition coefficient (Wildman–Crippen LogP) is 4.25. The molecular weight excluding hydrogens is 566 g/mol. The summed E-state index contributed by atoms with van der Waals surface area (Å²) in [6, 6.07) is 18.2. The highest BCUT2D eigenvalue weighted by Crippen LogP contribution is 2.35. The number of hydrogen-bond donors (Lipinski definition) is 3. The number of aldehydes is 1. The van der Waals surface area contributed by atoms with Crippen LogP contribution < -0.4 is 10.6 Å². The number of nitrogens with zero attached hydrogens (tertiary/aromatic N) is 2. The van der Waals surface area contributed by atoms with E-state index in [1.807, 2.05) is 54.3 Å². The second-order valence-electron chi connectivity index (χ2n) is 10.4. The lowest BCUT2D eigenvalue weighted by molar-refractivity contribution is -0.152. The van der Waals surface area contributed by atoms with E-state index in [-0.39, 0.29) is 11.9 Å². The fourth-order valence-electron chi connectivity index (χ4n) is 5.43. The van der Waals surface area contributed by atoms with Gasteiger partial charge in [-0.25, -0.2) is 0 Å². The highest BCUT2D eigenvalue weighted by molar-refractivity contribution is 7.25. The molecule has 1 unspecified atom stereocenters. The summed E-state index contributed by atoms with van der Waals surface area (Å²) in [4.78, 5) is 41.5. The van der Waals surface area contributed by atoms with Crippen LogP contribution in [0.1, 0.15) is 29.4 Å². The molecule has 3 N–H and O–H groups in total. The van der Waals surface area contributed by atoms with Gasteiger partial charge in [-0.1, -0.05) is 24.3 Å². The van der Waals surface area contributed by atoms with Crippen molar-refractivity contribution in [2.24, 2.45) is 0 Å². The number of likely N-dealkylation sites (tertiary alicyclic amines) is 1. The molecule has 0 radical (unpaired) electrons. The van der Waals surface area contributed by atoms with Gasteiger partial charge in [-0.3, -0.25) is 19.4 Å². The molecule has 2 aliphatic heterocycles. The summed E-state index contributed by atoms with van der Waals surface area (Å²) in [5.74, 6) is -0.399. The Labute approximate surface area is 253 Å². The zero-order valence-electron chi connectivity index (χ0n) is 24.2. The van der Waals surface area contributed by atoms with E-state index >= 15 is 0 Å². The SMILES string of the molecule is CNCC(=O)N1CC2(CC1C)OCCO2.O=CNCc1cc2cnccc2[nH]1.O=Cc1ccc2sc3ccccc3c2c1. The molecule has 0 bridgehead atoms. The van der Waals surface area contributed by atoms with Gasteiger partial charge in [-0.05, 0) is 44.3 Å². The van der Waals surface area contributed by atoms with Crippen molar-refractivity contribution in [1.29, 1.82) is 0 Å². The first kappa shape index (κ1) is 30.3. The van der Waals surface area contributed by atoms with E-state index in [0.717, 1.165) is 34.9 Å². The van der Waals surface area contributed by atoms with Crippen molar-refractivity contribution in [2.75, 3.05) is 33.4 Å². The molecule has 0 saturated carbocycles. The first-order chi connectivity index (χ1) is 20.9. The standard InChI is InChI=1S/C13H8OS.C10H18N2O3.C9H9N3O/c14-8-9-5-6-13-11(7-9)10-3-1-2-4-12(10)15-13;1-8-5-10(14-3-4-15-10)7-12(8)9(13)6-11-2;13-6-11-5-8-3-7-4-10-2-1-9(7)12-8/h1-8H;8,11H,3-7H2,1-2H3;1-4,6,12H,5H2,(H,11,13). The lowest BCUT2D eigenvalue weighted by Crippen LogP contribution is -2.41. The van der Waals surface area contributed by atoms with Gasteiger partial charge in [-0.15, -0.1) is 11.3 Å². The topological polar surface area (TPSA) is 126 Å². The molecule has 1 atom stereocenters. The highest BCUT2D eigenvalue weighted by Gasteiger charge is 2.48. The van der Waals surface area contributed by atoms with E-state index in [1.54, 1.807) is 30.8 Å². The number of aromatic amines is 1. The summed E-state index contributed by atoms with van der Waals surface area (Å²) in [6.07, 6.45) is 5.88. The minimum atomic E-state index is -0.511. The van der Waals surface area contributed by atoms with Crippen molar-refractivity contribution in [1.82, 2.24) is 25.5 Å². The van der Waals surface area contributed by atoms with Gasteiger partial charge in [0.2, 0.25) is 12.3 Å². The number of aromatic nitrogens is 2. The van der Waals surface area contributed by atoms with E-state index < -0.39 is 5.79 Å². The van der Waals surface area contributed by atoms with E-state index in [2.05, 4.69) is 32.7 Å². The van der Waals surface area contributed by atoms with Crippen LogP contribution >= 0.6 is 11.3 Å². The van der Waals surface area contributed by atoms with Gasteiger partial charge in [-0.2, -0.15) is 0 Å². The lowest BCUT2D eigenvalue weighted by atomic mass is 10.1. The molecule has 2 aliphatic rings. The number of amides is 2. The predicted molar refractivity (Wildman–Crippen MR) is 168 cm³/mol. The largest absolute Gasteiger partial charge is 0.357 e. The summed E-state index contributed by atoms with van der Waals surface area (Å²) >= 11 is 1.76. The van der Waals surface area contributed by atoms with Gasteiger partial charge in [0.05, 0.1) is 32.8 Å². The number of carbonyl (C=O) groups is 3. The minimum Gasteiger partial charge on any atom is -0.357 e. The van der Waals surface area contributed by atoms with Crippen molar-refractivity contribution in [3.05, 3.63) is 78.2 Å². The lowest BCUT2D eigenvalue weighted by Gasteiger charge is -2.23. The van der Waals surface area contributed by atoms with Gasteiger partial charge in [0, 0.05) is 67.2 Å². The zero-order chi connectivity index (χ0) is 30.2. The first-order valence-corrected chi connectivity index (χ1v) is 14.9. The van der Waals surface area contributed by atoms with Gasteiger partial charge >= 0.3 is 0 Å². The van der Waals surface area contributed by atoms with E-state index in [1.165, 1.54) is 20.2 Å². The van der Waals surface area contributed by atoms with Crippen LogP contribution in [0.15, 0.2) is 67.0 Å². The molecule has 11 heteroatoms. The number of nitrogens with one attached hydrogen (secondary N) is 3. The summed E-state index contributed by atoms with van der Waals surface area (Å²) in [7, 11) is 1.77. The fraction of sp³-hybridized carbons (Fsp3) is 0.312. The van der Waals surface area contributed by atoms with Crippen molar-refractivity contribution in [2.45, 2.75) is 31.7 Å². The number of thiophene rings is 1. The third kappa shape index (κ3) is 7.08. The number of rotatable bonds is 6. The molecule has 5 heterocycles. The van der Waals surface area contributed by atoms with Crippen LogP contribution in [-0.2, 0) is 25.6 Å². The Balaban J connectivity index is 0.000000129. The normalized spacial score (nSPS) is 17.0. The Morgan fingerprint density at radius 2 is 1.91 bits per heavy atom. The van der Waals surface area contributed by atoms with Gasteiger partial charge in [0.15, 0.2) is 5.79 Å². The van der Waals surface area contributed by atoms with Crippen LogP contribution in [0.25, 0.3) is 31.1 Å². The molecule has 224 valence electrons. The number of pyridine rings is 1. The Kier molecular flexibility index (Phi) is 9.78. The molecule has 43 heavy (non-hydrogen) atoms. The maximum Gasteiger partial charge on any atom is 0.236 e. The van der Waals surface area contributed by atoms with E-state index in [9.17, 15) is 14.4 Å². The first-order valence-electron chi connectivity index (χ1n) is 14.1. The smallest absolute Gasteiger partial charge is 0.236 e. The summed E-state index contributed by atoms with van der Waals surface area (Å²) in [5.41, 5.74) is 2.76. The number of hydrogen-bond acceptors (Lipinski definition) is 8. The van der Waals surface area contributed by atoms with Crippen LogP contribution in [-0.4, -0.2) is 78.7 Å². The van der Waals surface area contributed by atoms with Crippen molar-refractivity contribution < 1.29 is 23.9 Å². The molecule has 2 saturated heterocycles. The molecule has 0 aliphatic carbocycles. The second-order valence-corrected chi connectivity index (χ2v) is 11.5. The maximum atomic E-state index is 11.7. The minimum absolute atomic E-state index is 0.112. The van der Waals surface area contributed by atoms with Gasteiger partial charge in [0.25, 0.3) is 0 Å². The molecule has 3 aromatic heterocycles. The van der Waals surface area contributed by atoms with Crippen LogP contribution in [0.3, 0.4) is 0 Å². The number of benzene rings is 2.